The molecule has 0 saturated heterocycles. The number of aromatic nitrogens is 3. The quantitative estimate of drug-likeness (QED) is 0.353. The third-order valence-corrected chi connectivity index (χ3v) is 7.59. The minimum Gasteiger partial charge on any atom is -0.335 e. The van der Waals surface area contributed by atoms with Crippen molar-refractivity contribution < 1.29 is 39.5 Å². The molecule has 0 unspecified atom stereocenters. The third-order valence-electron chi connectivity index (χ3n) is 7.25. The summed E-state index contributed by atoms with van der Waals surface area (Å²) in [5.74, 6) is -18.9. The van der Waals surface area contributed by atoms with Crippen LogP contribution in [-0.4, -0.2) is 51.0 Å². The highest BCUT2D eigenvalue weighted by molar-refractivity contribution is 6.31. The Bertz CT molecular complexity index is 885. The summed E-state index contributed by atoms with van der Waals surface area (Å²) in [5, 5.41) is -0.823. The van der Waals surface area contributed by atoms with Gasteiger partial charge in [-0.1, -0.05) is 0 Å². The van der Waals surface area contributed by atoms with E-state index in [0.717, 1.165) is 19.3 Å². The van der Waals surface area contributed by atoms with Crippen molar-refractivity contribution in [1.29, 1.82) is 0 Å². The van der Waals surface area contributed by atoms with Crippen molar-refractivity contribution in [2.24, 2.45) is 17.8 Å². The molecule has 1 aromatic heterocycles. The molecular weight excluding hydrogens is 526 g/mol. The van der Waals surface area contributed by atoms with Gasteiger partial charge < -0.3 is 4.90 Å². The van der Waals surface area contributed by atoms with E-state index in [0.29, 0.717) is 19.3 Å². The summed E-state index contributed by atoms with van der Waals surface area (Å²) in [6, 6.07) is 0. The number of hydrogen-bond acceptors (Lipinski definition) is 4. The number of anilines is 1. The lowest BCUT2D eigenvalue weighted by atomic mass is 9.52. The minimum atomic E-state index is -6.94. The highest BCUT2D eigenvalue weighted by Crippen LogP contribution is 2.59. The second-order valence-corrected chi connectivity index (χ2v) is 10.2. The molecule has 0 aromatic carbocycles. The van der Waals surface area contributed by atoms with Gasteiger partial charge >= 0.3 is 23.9 Å². The zero-order valence-corrected chi connectivity index (χ0v) is 18.8. The van der Waals surface area contributed by atoms with Crippen LogP contribution in [0.2, 0.25) is 10.6 Å². The molecule has 4 nitrogen and oxygen atoms in total. The molecule has 0 amide bonds. The molecule has 0 atom stereocenters. The first-order valence-corrected chi connectivity index (χ1v) is 11.3. The van der Waals surface area contributed by atoms with Crippen LogP contribution in [0.4, 0.5) is 45.5 Å². The van der Waals surface area contributed by atoms with E-state index in [-0.39, 0.29) is 23.7 Å². The van der Waals surface area contributed by atoms with E-state index in [1.807, 2.05) is 0 Å². The molecule has 4 saturated carbocycles. The summed E-state index contributed by atoms with van der Waals surface area (Å²) >= 11 is 11.6. The Morgan fingerprint density at radius 3 is 1.59 bits per heavy atom. The first-order valence-electron chi connectivity index (χ1n) is 10.5. The number of rotatable bonds is 7. The van der Waals surface area contributed by atoms with Crippen molar-refractivity contribution in [1.82, 2.24) is 15.0 Å². The normalized spacial score (nSPS) is 29.6. The molecule has 0 N–H and O–H groups in total. The lowest BCUT2D eigenvalue weighted by molar-refractivity contribution is -0.396. The van der Waals surface area contributed by atoms with E-state index in [1.165, 1.54) is 4.90 Å². The Kier molecular flexibility index (Phi) is 6.19. The van der Waals surface area contributed by atoms with E-state index in [4.69, 9.17) is 23.2 Å². The maximum absolute atomic E-state index is 14.4. The maximum Gasteiger partial charge on any atom is 0.460 e. The van der Waals surface area contributed by atoms with Gasteiger partial charge in [-0.15, -0.1) is 0 Å². The minimum absolute atomic E-state index is 0.234. The summed E-state index contributed by atoms with van der Waals surface area (Å²) in [4.78, 5) is 12.5. The predicted molar refractivity (Wildman–Crippen MR) is 104 cm³/mol. The van der Waals surface area contributed by atoms with Gasteiger partial charge in [0.2, 0.25) is 16.5 Å². The zero-order valence-electron chi connectivity index (χ0n) is 17.3. The van der Waals surface area contributed by atoms with Crippen molar-refractivity contribution in [3.8, 4) is 0 Å². The van der Waals surface area contributed by atoms with Gasteiger partial charge in [0, 0.05) is 18.5 Å². The molecule has 0 spiro atoms. The molecule has 34 heavy (non-hydrogen) atoms. The SMILES string of the molecule is FC(F)(F)C(F)(F)C(F)(F)C(F)(F)CCN(c1nc(Cl)nc(Cl)n1)C12CC3CC(CC(C3)C1)C2. The summed E-state index contributed by atoms with van der Waals surface area (Å²) in [6.45, 7) is -1.01. The molecule has 4 fully saturated rings. The van der Waals surface area contributed by atoms with Crippen molar-refractivity contribution in [3.05, 3.63) is 10.6 Å². The average molecular weight is 545 g/mol. The standard InChI is InChI=1S/C19H19Cl2F9N4/c20-12-31-13(21)33-14(32-12)34(15-6-9-3-10(7-15)5-11(4-9)8-15)2-1-16(22,23)17(24,25)18(26,27)19(28,29)30/h9-11H,1-8H2. The highest BCUT2D eigenvalue weighted by Gasteiger charge is 2.81. The lowest BCUT2D eigenvalue weighted by Crippen LogP contribution is -2.63. The first kappa shape index (κ1) is 25.8. The smallest absolute Gasteiger partial charge is 0.335 e. The second-order valence-electron chi connectivity index (χ2n) is 9.57. The van der Waals surface area contributed by atoms with E-state index in [2.05, 4.69) is 15.0 Å². The van der Waals surface area contributed by atoms with Crippen molar-refractivity contribution in [2.45, 2.75) is 74.4 Å². The third kappa shape index (κ3) is 4.18. The van der Waals surface area contributed by atoms with E-state index in [9.17, 15) is 39.5 Å². The lowest BCUT2D eigenvalue weighted by Gasteiger charge is -2.60. The van der Waals surface area contributed by atoms with Gasteiger partial charge in [0.25, 0.3) is 0 Å². The number of nitrogens with zero attached hydrogens (tertiary/aromatic N) is 4. The number of halogens is 11. The van der Waals surface area contributed by atoms with E-state index >= 15 is 0 Å². The Morgan fingerprint density at radius 1 is 0.735 bits per heavy atom. The number of alkyl halides is 9. The van der Waals surface area contributed by atoms with Gasteiger partial charge in [0.1, 0.15) is 0 Å². The fourth-order valence-corrected chi connectivity index (χ4v) is 6.55. The van der Waals surface area contributed by atoms with E-state index in [1.54, 1.807) is 0 Å². The summed E-state index contributed by atoms with van der Waals surface area (Å²) in [6.07, 6.45) is -4.67. The van der Waals surface area contributed by atoms with Gasteiger partial charge in [-0.25, -0.2) is 0 Å². The molecule has 0 radical (unpaired) electrons. The van der Waals surface area contributed by atoms with Crippen LogP contribution in [-0.2, 0) is 0 Å². The van der Waals surface area contributed by atoms with Gasteiger partial charge in [0.15, 0.2) is 0 Å². The summed E-state index contributed by atoms with van der Waals surface area (Å²) in [5.41, 5.74) is -0.860. The Labute approximate surface area is 198 Å². The molecule has 4 aliphatic carbocycles. The zero-order chi connectivity index (χ0) is 25.3. The van der Waals surface area contributed by atoms with Crippen molar-refractivity contribution in [2.75, 3.05) is 11.4 Å². The molecule has 1 heterocycles. The van der Waals surface area contributed by atoms with Gasteiger partial charge in [-0.3, -0.25) is 0 Å². The van der Waals surface area contributed by atoms with Crippen LogP contribution < -0.4 is 4.90 Å². The highest BCUT2D eigenvalue weighted by atomic mass is 35.5. The van der Waals surface area contributed by atoms with Crippen LogP contribution in [0.3, 0.4) is 0 Å². The molecule has 192 valence electrons. The predicted octanol–water partition coefficient (Wildman–Crippen LogP) is 6.81. The fraction of sp³-hybridized carbons (Fsp3) is 0.842. The molecule has 0 aliphatic heterocycles. The fourth-order valence-electron chi connectivity index (χ4n) is 6.20. The Morgan fingerprint density at radius 2 is 1.18 bits per heavy atom. The van der Waals surface area contributed by atoms with Crippen LogP contribution in [0, 0.1) is 17.8 Å². The van der Waals surface area contributed by atoms with Crippen LogP contribution >= 0.6 is 23.2 Å². The number of hydrogen-bond donors (Lipinski definition) is 0. The van der Waals surface area contributed by atoms with Gasteiger partial charge in [-0.2, -0.15) is 54.5 Å². The van der Waals surface area contributed by atoms with Crippen molar-refractivity contribution >= 4 is 29.2 Å². The van der Waals surface area contributed by atoms with Gasteiger partial charge in [-0.05, 0) is 79.5 Å². The van der Waals surface area contributed by atoms with Crippen LogP contribution in [0.5, 0.6) is 0 Å². The molecule has 15 heteroatoms. The second kappa shape index (κ2) is 8.14. The summed E-state index contributed by atoms with van der Waals surface area (Å²) < 4.78 is 121. The molecule has 1 aromatic rings. The van der Waals surface area contributed by atoms with E-state index < -0.39 is 53.0 Å². The molecular formula is C19H19Cl2F9N4. The Balaban J connectivity index is 1.67. The van der Waals surface area contributed by atoms with Crippen LogP contribution in [0.15, 0.2) is 0 Å². The molecule has 4 aliphatic rings. The topological polar surface area (TPSA) is 41.9 Å². The summed E-state index contributed by atoms with van der Waals surface area (Å²) in [7, 11) is 0. The van der Waals surface area contributed by atoms with Crippen LogP contribution in [0.25, 0.3) is 0 Å². The monoisotopic (exact) mass is 544 g/mol. The van der Waals surface area contributed by atoms with Crippen LogP contribution in [0.1, 0.15) is 44.9 Å². The first-order chi connectivity index (χ1) is 15.5. The van der Waals surface area contributed by atoms with Gasteiger partial charge in [0.05, 0.1) is 0 Å². The maximum atomic E-state index is 14.4. The molecule has 5 rings (SSSR count). The Hall–Kier alpha value is -1.24. The van der Waals surface area contributed by atoms with Crippen molar-refractivity contribution in [3.63, 3.8) is 0 Å². The average Bonchev–Trinajstić information content (AvgIpc) is 2.64. The largest absolute Gasteiger partial charge is 0.460 e. The molecule has 4 bridgehead atoms.